The third-order valence-corrected chi connectivity index (χ3v) is 0. The average molecular weight is 155 g/mol. The van der Waals surface area contributed by atoms with Crippen molar-refractivity contribution in [2.75, 3.05) is 12.5 Å². The Morgan fingerprint density at radius 1 is 1.40 bits per heavy atom. The van der Waals surface area contributed by atoms with Gasteiger partial charge >= 0.3 is 0 Å². The summed E-state index contributed by atoms with van der Waals surface area (Å²) in [4.78, 5) is 0. The second kappa shape index (κ2) is 20.7. The summed E-state index contributed by atoms with van der Waals surface area (Å²) in [5.74, 6) is 0. The molecule has 5 heavy (non-hydrogen) atoms. The molecule has 0 N–H and O–H groups in total. The Hall–Kier alpha value is 0.895. The van der Waals surface area contributed by atoms with E-state index in [-0.39, 0.29) is 0 Å². The summed E-state index contributed by atoms with van der Waals surface area (Å²) < 4.78 is 0. The monoisotopic (exact) mass is 154 g/mol. The molecule has 0 rings (SSSR count). The first kappa shape index (κ1) is 9.31. The lowest BCUT2D eigenvalue weighted by Gasteiger charge is -1.51. The van der Waals surface area contributed by atoms with Crippen LogP contribution in [0.1, 0.15) is 0 Å². The van der Waals surface area contributed by atoms with Crippen molar-refractivity contribution in [2.45, 2.75) is 0 Å². The summed E-state index contributed by atoms with van der Waals surface area (Å²) in [5, 5.41) is 0. The number of hydrogen-bond acceptors (Lipinski definition) is 1. The lowest BCUT2D eigenvalue weighted by atomic mass is 10.8. The highest BCUT2D eigenvalue weighted by molar-refractivity contribution is 9.22. The van der Waals surface area contributed by atoms with Gasteiger partial charge in [-0.1, -0.05) is 0 Å². The van der Waals surface area contributed by atoms with E-state index in [1.165, 1.54) is 0 Å². The van der Waals surface area contributed by atoms with Gasteiger partial charge in [0.2, 0.25) is 0 Å². The summed E-state index contributed by atoms with van der Waals surface area (Å²) in [6.07, 6.45) is 4.08. The first-order chi connectivity index (χ1) is 2.41. The molecule has 0 aromatic carbocycles. The summed E-state index contributed by atoms with van der Waals surface area (Å²) in [6.45, 7) is 1.81. The number of hydrogen-bond donors (Lipinski definition) is 0. The van der Waals surface area contributed by atoms with E-state index in [1.54, 1.807) is 11.8 Å². The molecule has 0 aliphatic rings. The Kier molecular flexibility index (Phi) is 38.5. The quantitative estimate of drug-likeness (QED) is 0.468. The third kappa shape index (κ3) is 51.2. The first-order valence-electron chi connectivity index (χ1n) is 1.19. The highest BCUT2D eigenvalue weighted by atomic mass is 79.9. The van der Waals surface area contributed by atoms with Crippen LogP contribution in [0, 0.1) is 0 Å². The van der Waals surface area contributed by atoms with Crippen molar-refractivity contribution in [1.82, 2.24) is 0 Å². The third-order valence-electron chi connectivity index (χ3n) is 0. The Labute approximate surface area is 47.1 Å². The zero-order valence-corrected chi connectivity index (χ0v) is 6.19. The molecular weight excluding hydrogens is 147 g/mol. The molecule has 0 spiro atoms. The summed E-state index contributed by atoms with van der Waals surface area (Å²) in [7, 11) is 0. The van der Waals surface area contributed by atoms with Crippen molar-refractivity contribution in [3.8, 4) is 0 Å². The second-order valence-corrected chi connectivity index (χ2v) is 1.22. The van der Waals surface area contributed by atoms with E-state index in [0.29, 0.717) is 0 Å². The molecule has 32 valence electrons. The van der Waals surface area contributed by atoms with Crippen molar-refractivity contribution in [3.05, 3.63) is 0 Å². The fourth-order valence-corrected chi connectivity index (χ4v) is 0. The van der Waals surface area contributed by atoms with E-state index >= 15 is 0 Å². The smallest absolute Gasteiger partial charge is 0.169 e. The molecule has 0 heterocycles. The van der Waals surface area contributed by atoms with Crippen LogP contribution in [0.2, 0.25) is 0 Å². The number of rotatable bonds is 0. The minimum Gasteiger partial charge on any atom is -0.169 e. The van der Waals surface area contributed by atoms with Gasteiger partial charge in [0.15, 0.2) is 6.67 Å². The normalized spacial score (nSPS) is 4.60. The summed E-state index contributed by atoms with van der Waals surface area (Å²) in [5.41, 5.74) is 0. The van der Waals surface area contributed by atoms with Crippen LogP contribution in [-0.2, 0) is 0 Å². The zero-order chi connectivity index (χ0) is 4.71. The Morgan fingerprint density at radius 3 is 1.40 bits per heavy atom. The van der Waals surface area contributed by atoms with Crippen LogP contribution in [0.25, 0.3) is 0 Å². The molecule has 0 atom stereocenters. The van der Waals surface area contributed by atoms with Crippen LogP contribution in [0.15, 0.2) is 0 Å². The molecular formula is C2H8BBrS. The van der Waals surface area contributed by atoms with E-state index in [0.717, 1.165) is 0 Å². The molecule has 0 aromatic rings. The molecule has 0 aromatic heterocycles. The van der Waals surface area contributed by atoms with Crippen molar-refractivity contribution < 1.29 is 0 Å². The molecule has 0 saturated heterocycles. The lowest BCUT2D eigenvalue weighted by Crippen LogP contribution is -1.25. The van der Waals surface area contributed by atoms with Gasteiger partial charge < -0.3 is 0 Å². The predicted molar refractivity (Wildman–Crippen MR) is 36.9 cm³/mol. The van der Waals surface area contributed by atoms with Crippen molar-refractivity contribution in [2.24, 2.45) is 0 Å². The van der Waals surface area contributed by atoms with Gasteiger partial charge in [-0.15, -0.1) is 0 Å². The van der Waals surface area contributed by atoms with E-state index in [2.05, 4.69) is 15.8 Å². The Balaban J connectivity index is 0. The van der Waals surface area contributed by atoms with E-state index in [1.807, 2.05) is 19.2 Å². The molecule has 3 heteroatoms. The minimum absolute atomic E-state index is 1.75. The van der Waals surface area contributed by atoms with Gasteiger partial charge in [-0.25, -0.2) is 0 Å². The molecule has 0 amide bonds. The fraction of sp³-hybridized carbons (Fsp3) is 1.00. The topological polar surface area (TPSA) is 0 Å². The predicted octanol–water partition coefficient (Wildman–Crippen LogP) is 0.909. The molecule has 0 nitrogen and oxygen atoms in total. The highest BCUT2D eigenvalue weighted by Gasteiger charge is 1.32. The maximum atomic E-state index is 2.94. The zero-order valence-electron chi connectivity index (χ0n) is 3.79. The van der Waals surface area contributed by atoms with Crippen LogP contribution in [0.3, 0.4) is 0 Å². The largest absolute Gasteiger partial charge is 0.186 e. The second-order valence-electron chi connectivity index (χ2n) is 0.408. The van der Waals surface area contributed by atoms with Gasteiger partial charge in [-0.05, 0) is 12.5 Å². The minimum atomic E-state index is 1.75. The maximum absolute atomic E-state index is 2.94. The van der Waals surface area contributed by atoms with Crippen LogP contribution in [0.5, 0.6) is 0 Å². The van der Waals surface area contributed by atoms with Gasteiger partial charge in [0.25, 0.3) is 0 Å². The Morgan fingerprint density at radius 2 is 1.40 bits per heavy atom. The number of thioether (sulfide) groups is 1. The summed E-state index contributed by atoms with van der Waals surface area (Å²) >= 11 is 4.69. The van der Waals surface area contributed by atoms with Crippen molar-refractivity contribution in [1.29, 1.82) is 0 Å². The van der Waals surface area contributed by atoms with Crippen LogP contribution in [-0.4, -0.2) is 19.2 Å². The molecule has 0 unspecified atom stereocenters. The molecule has 0 radical (unpaired) electrons. The van der Waals surface area contributed by atoms with E-state index < -0.39 is 0 Å². The molecule has 0 fully saturated rings. The van der Waals surface area contributed by atoms with Gasteiger partial charge in [-0.2, -0.15) is 27.5 Å². The molecule has 0 aliphatic carbocycles. The number of halogens is 1. The standard InChI is InChI=1S/C2H6S.BBrH2/c1-3-2;1-2/h1-2H3;1H2. The van der Waals surface area contributed by atoms with E-state index in [9.17, 15) is 0 Å². The molecule has 0 bridgehead atoms. The van der Waals surface area contributed by atoms with Gasteiger partial charge in [0, 0.05) is 0 Å². The van der Waals surface area contributed by atoms with Gasteiger partial charge in [0.1, 0.15) is 0 Å². The van der Waals surface area contributed by atoms with Crippen molar-refractivity contribution in [3.63, 3.8) is 0 Å². The van der Waals surface area contributed by atoms with Crippen LogP contribution >= 0.6 is 27.5 Å². The fourth-order valence-electron chi connectivity index (χ4n) is 0. The summed E-state index contributed by atoms with van der Waals surface area (Å²) in [6, 6.07) is 0. The Bertz CT molecular complexity index is 9.61. The highest BCUT2D eigenvalue weighted by Crippen LogP contribution is 1.70. The first-order valence-corrected chi connectivity index (χ1v) is 4.41. The van der Waals surface area contributed by atoms with Gasteiger partial charge in [-0.3, -0.25) is 0 Å². The van der Waals surface area contributed by atoms with E-state index in [4.69, 9.17) is 0 Å². The lowest BCUT2D eigenvalue weighted by molar-refractivity contribution is 2.37. The van der Waals surface area contributed by atoms with Crippen LogP contribution < -0.4 is 0 Å². The van der Waals surface area contributed by atoms with Gasteiger partial charge in [0.05, 0.1) is 0 Å². The van der Waals surface area contributed by atoms with Crippen molar-refractivity contribution >= 4 is 34.2 Å². The molecule has 0 saturated carbocycles. The SMILES string of the molecule is BBr.CSC. The molecule has 0 aliphatic heterocycles. The van der Waals surface area contributed by atoms with Crippen LogP contribution in [0.4, 0.5) is 0 Å². The maximum Gasteiger partial charge on any atom is 0.186 e. The average Bonchev–Trinajstić information content (AvgIpc) is 1.46.